The van der Waals surface area contributed by atoms with Gasteiger partial charge in [0, 0.05) is 11.6 Å². The van der Waals surface area contributed by atoms with E-state index < -0.39 is 29.3 Å². The maximum absolute atomic E-state index is 14.1. The van der Waals surface area contributed by atoms with Crippen LogP contribution < -0.4 is 10.9 Å². The smallest absolute Gasteiger partial charge is 0.416 e. The SMILES string of the molecule is CCCCOC(=O)c1ccc(NC(CC)c2cc3c(=O)[nH]c(C4CC4)nc3cc2C(F)(F)F)cc1. The third kappa shape index (κ3) is 5.66. The predicted molar refractivity (Wildman–Crippen MR) is 128 cm³/mol. The molecule has 1 aliphatic rings. The summed E-state index contributed by atoms with van der Waals surface area (Å²) in [7, 11) is 0. The third-order valence-electron chi connectivity index (χ3n) is 6.14. The molecule has 1 aromatic heterocycles. The molecule has 2 aromatic carbocycles. The highest BCUT2D eigenvalue weighted by atomic mass is 19.4. The van der Waals surface area contributed by atoms with Crippen LogP contribution in [0.1, 0.15) is 85.2 Å². The van der Waals surface area contributed by atoms with Crippen molar-refractivity contribution in [3.05, 3.63) is 69.3 Å². The van der Waals surface area contributed by atoms with Gasteiger partial charge in [0.25, 0.3) is 5.56 Å². The molecule has 1 saturated carbocycles. The Labute approximate surface area is 200 Å². The summed E-state index contributed by atoms with van der Waals surface area (Å²) in [6, 6.07) is 7.95. The van der Waals surface area contributed by atoms with Crippen LogP contribution in [-0.2, 0) is 10.9 Å². The van der Waals surface area contributed by atoms with Crippen LogP contribution in [0, 0.1) is 0 Å². The van der Waals surface area contributed by atoms with Crippen LogP contribution in [0.25, 0.3) is 10.9 Å². The van der Waals surface area contributed by atoms with Crippen LogP contribution in [0.5, 0.6) is 0 Å². The molecule has 1 heterocycles. The second-order valence-electron chi connectivity index (χ2n) is 8.85. The quantitative estimate of drug-likeness (QED) is 0.272. The van der Waals surface area contributed by atoms with Gasteiger partial charge >= 0.3 is 12.1 Å². The monoisotopic (exact) mass is 487 g/mol. The summed E-state index contributed by atoms with van der Waals surface area (Å²) in [5.74, 6) is 0.114. The van der Waals surface area contributed by atoms with E-state index in [0.717, 1.165) is 31.7 Å². The average Bonchev–Trinajstić information content (AvgIpc) is 3.67. The number of aromatic amines is 1. The van der Waals surface area contributed by atoms with Crippen LogP contribution in [-0.4, -0.2) is 22.5 Å². The van der Waals surface area contributed by atoms with Crippen molar-refractivity contribution in [1.82, 2.24) is 9.97 Å². The molecular formula is C26H28F3N3O3. The normalized spacial score (nSPS) is 14.7. The summed E-state index contributed by atoms with van der Waals surface area (Å²) in [5, 5.41) is 3.24. The van der Waals surface area contributed by atoms with Gasteiger partial charge in [-0.25, -0.2) is 9.78 Å². The second kappa shape index (κ2) is 10.1. The maximum Gasteiger partial charge on any atom is 0.416 e. The summed E-state index contributed by atoms with van der Waals surface area (Å²) < 4.78 is 47.4. The van der Waals surface area contributed by atoms with Crippen molar-refractivity contribution in [2.45, 2.75) is 64.1 Å². The molecule has 0 saturated heterocycles. The van der Waals surface area contributed by atoms with Crippen LogP contribution in [0.4, 0.5) is 18.9 Å². The minimum atomic E-state index is -4.62. The lowest BCUT2D eigenvalue weighted by Crippen LogP contribution is -2.19. The summed E-state index contributed by atoms with van der Waals surface area (Å²) in [5.41, 5.74) is -0.320. The number of rotatable bonds is 9. The van der Waals surface area contributed by atoms with E-state index in [9.17, 15) is 22.8 Å². The fourth-order valence-electron chi connectivity index (χ4n) is 4.00. The maximum atomic E-state index is 14.1. The van der Waals surface area contributed by atoms with Crippen molar-refractivity contribution in [2.24, 2.45) is 0 Å². The van der Waals surface area contributed by atoms with E-state index in [1.807, 2.05) is 6.92 Å². The summed E-state index contributed by atoms with van der Waals surface area (Å²) >= 11 is 0. The molecule has 1 atom stereocenters. The average molecular weight is 488 g/mol. The fourth-order valence-corrected chi connectivity index (χ4v) is 4.00. The van der Waals surface area contributed by atoms with Gasteiger partial charge in [-0.3, -0.25) is 4.79 Å². The predicted octanol–water partition coefficient (Wildman–Crippen LogP) is 6.34. The number of nitrogens with one attached hydrogen (secondary N) is 2. The van der Waals surface area contributed by atoms with Crippen molar-refractivity contribution in [2.75, 3.05) is 11.9 Å². The Kier molecular flexibility index (Phi) is 7.14. The number of benzene rings is 2. The number of anilines is 1. The lowest BCUT2D eigenvalue weighted by atomic mass is 9.95. The number of carbonyl (C=O) groups is 1. The lowest BCUT2D eigenvalue weighted by Gasteiger charge is -2.23. The van der Waals surface area contributed by atoms with Gasteiger partial charge in [0.05, 0.1) is 34.7 Å². The van der Waals surface area contributed by atoms with Crippen LogP contribution in [0.15, 0.2) is 41.2 Å². The largest absolute Gasteiger partial charge is 0.462 e. The van der Waals surface area contributed by atoms with Gasteiger partial charge in [-0.1, -0.05) is 20.3 Å². The number of ether oxygens (including phenoxy) is 1. The Balaban J connectivity index is 1.64. The zero-order valence-electron chi connectivity index (χ0n) is 19.7. The molecule has 186 valence electrons. The number of nitrogens with zero attached hydrogens (tertiary/aromatic N) is 1. The number of carbonyl (C=O) groups excluding carboxylic acids is 1. The first-order valence-corrected chi connectivity index (χ1v) is 11.9. The molecule has 35 heavy (non-hydrogen) atoms. The van der Waals surface area contributed by atoms with E-state index in [-0.39, 0.29) is 22.4 Å². The number of hydrogen-bond donors (Lipinski definition) is 2. The van der Waals surface area contributed by atoms with E-state index in [2.05, 4.69) is 15.3 Å². The molecule has 0 amide bonds. The highest BCUT2D eigenvalue weighted by Crippen LogP contribution is 2.40. The number of fused-ring (bicyclic) bond motifs is 1. The first-order chi connectivity index (χ1) is 16.7. The Morgan fingerprint density at radius 1 is 1.20 bits per heavy atom. The Morgan fingerprint density at radius 2 is 1.91 bits per heavy atom. The van der Waals surface area contributed by atoms with Crippen molar-refractivity contribution in [3.8, 4) is 0 Å². The number of esters is 1. The van der Waals surface area contributed by atoms with Crippen LogP contribution in [0.2, 0.25) is 0 Å². The van der Waals surface area contributed by atoms with E-state index in [1.165, 1.54) is 6.07 Å². The molecule has 0 spiro atoms. The first kappa shape index (κ1) is 24.8. The van der Waals surface area contributed by atoms with Gasteiger partial charge < -0.3 is 15.0 Å². The molecule has 0 aliphatic heterocycles. The van der Waals surface area contributed by atoms with E-state index in [4.69, 9.17) is 4.74 Å². The number of H-pyrrole nitrogens is 1. The number of halogens is 3. The standard InChI is InChI=1S/C26H28F3N3O3/c1-3-5-12-35-25(34)16-8-10-17(11-9-16)30-21(4-2)18-13-19-22(14-20(18)26(27,28)29)31-23(15-6-7-15)32-24(19)33/h8-11,13-15,21,30H,3-7,12H2,1-2H3,(H,31,32,33). The molecule has 0 radical (unpaired) electrons. The molecule has 9 heteroatoms. The molecular weight excluding hydrogens is 459 g/mol. The zero-order valence-corrected chi connectivity index (χ0v) is 19.7. The summed E-state index contributed by atoms with van der Waals surface area (Å²) in [4.78, 5) is 31.8. The molecule has 3 aromatic rings. The van der Waals surface area contributed by atoms with Gasteiger partial charge in [-0.05, 0) is 67.6 Å². The lowest BCUT2D eigenvalue weighted by molar-refractivity contribution is -0.138. The number of hydrogen-bond acceptors (Lipinski definition) is 5. The molecule has 2 N–H and O–H groups in total. The van der Waals surface area contributed by atoms with Gasteiger partial charge in [0.1, 0.15) is 5.82 Å². The molecule has 1 aliphatic carbocycles. The highest BCUT2D eigenvalue weighted by molar-refractivity contribution is 5.89. The number of aromatic nitrogens is 2. The van der Waals surface area contributed by atoms with Gasteiger partial charge in [0.15, 0.2) is 0 Å². The Morgan fingerprint density at radius 3 is 2.51 bits per heavy atom. The van der Waals surface area contributed by atoms with Gasteiger partial charge in [-0.15, -0.1) is 0 Å². The second-order valence-corrected chi connectivity index (χ2v) is 8.85. The Bertz CT molecular complexity index is 1270. The van der Waals surface area contributed by atoms with Crippen LogP contribution in [0.3, 0.4) is 0 Å². The topological polar surface area (TPSA) is 84.1 Å². The zero-order chi connectivity index (χ0) is 25.2. The van der Waals surface area contributed by atoms with E-state index in [1.54, 1.807) is 31.2 Å². The molecule has 6 nitrogen and oxygen atoms in total. The van der Waals surface area contributed by atoms with Crippen molar-refractivity contribution in [1.29, 1.82) is 0 Å². The molecule has 0 bridgehead atoms. The summed E-state index contributed by atoms with van der Waals surface area (Å²) in [6.07, 6.45) is -0.856. The number of alkyl halides is 3. The van der Waals surface area contributed by atoms with Gasteiger partial charge in [-0.2, -0.15) is 13.2 Å². The third-order valence-corrected chi connectivity index (χ3v) is 6.14. The Hall–Kier alpha value is -3.36. The highest BCUT2D eigenvalue weighted by Gasteiger charge is 2.36. The van der Waals surface area contributed by atoms with Crippen molar-refractivity contribution in [3.63, 3.8) is 0 Å². The number of unbranched alkanes of at least 4 members (excludes halogenated alkanes) is 1. The van der Waals surface area contributed by atoms with Crippen LogP contribution >= 0.6 is 0 Å². The molecule has 1 unspecified atom stereocenters. The van der Waals surface area contributed by atoms with E-state index >= 15 is 0 Å². The van der Waals surface area contributed by atoms with Crippen molar-refractivity contribution < 1.29 is 22.7 Å². The van der Waals surface area contributed by atoms with E-state index in [0.29, 0.717) is 30.1 Å². The first-order valence-electron chi connectivity index (χ1n) is 11.9. The fraction of sp³-hybridized carbons (Fsp3) is 0.423. The molecule has 4 rings (SSSR count). The summed E-state index contributed by atoms with van der Waals surface area (Å²) in [6.45, 7) is 4.10. The van der Waals surface area contributed by atoms with Crippen molar-refractivity contribution >= 4 is 22.6 Å². The molecule has 1 fully saturated rings. The minimum absolute atomic E-state index is 0.0259. The minimum Gasteiger partial charge on any atom is -0.462 e. The van der Waals surface area contributed by atoms with Gasteiger partial charge in [0.2, 0.25) is 0 Å².